The minimum atomic E-state index is -0.920. The monoisotopic (exact) mass is 404 g/mol. The van der Waals surface area contributed by atoms with E-state index in [4.69, 9.17) is 0 Å². The second-order valence-electron chi connectivity index (χ2n) is 5.07. The van der Waals surface area contributed by atoms with Gasteiger partial charge in [0.25, 0.3) is 0 Å². The molecule has 0 saturated carbocycles. The maximum absolute atomic E-state index is 9.92. The van der Waals surface area contributed by atoms with Gasteiger partial charge in [-0.3, -0.25) is 0 Å². The molecule has 0 aliphatic heterocycles. The second-order valence-corrected chi connectivity index (χ2v) is 5.07. The summed E-state index contributed by atoms with van der Waals surface area (Å²) < 4.78 is 0. The molecular formula is C16H30Co2O4+2. The van der Waals surface area contributed by atoms with Gasteiger partial charge in [-0.2, -0.15) is 0 Å². The first kappa shape index (κ1) is 29.9. The van der Waals surface area contributed by atoms with E-state index < -0.39 is 11.9 Å². The van der Waals surface area contributed by atoms with E-state index in [2.05, 4.69) is 13.8 Å². The van der Waals surface area contributed by atoms with Gasteiger partial charge >= 0.3 is 33.6 Å². The van der Waals surface area contributed by atoms with E-state index in [1.807, 2.05) is 0 Å². The molecule has 0 amide bonds. The van der Waals surface area contributed by atoms with Crippen molar-refractivity contribution in [1.82, 2.24) is 0 Å². The SMILES string of the molecule is CCCCCCCC(=O)[O-].CCCCCCCC(=O)[O-].[Co+2].[Co+2]. The molecule has 4 nitrogen and oxygen atoms in total. The summed E-state index contributed by atoms with van der Waals surface area (Å²) in [6.45, 7) is 4.28. The summed E-state index contributed by atoms with van der Waals surface area (Å²) in [5.74, 6) is -1.84. The number of carbonyl (C=O) groups excluding carboxylic acids is 2. The molecule has 0 bridgehead atoms. The van der Waals surface area contributed by atoms with Gasteiger partial charge in [0.1, 0.15) is 0 Å². The molecule has 0 aromatic rings. The zero-order valence-corrected chi connectivity index (χ0v) is 15.9. The molecule has 0 N–H and O–H groups in total. The molecule has 0 fully saturated rings. The van der Waals surface area contributed by atoms with Crippen LogP contribution in [0.15, 0.2) is 0 Å². The van der Waals surface area contributed by atoms with Crippen molar-refractivity contribution in [1.29, 1.82) is 0 Å². The normalized spacial score (nSPS) is 8.82. The summed E-state index contributed by atoms with van der Waals surface area (Å²) in [5, 5.41) is 19.8. The van der Waals surface area contributed by atoms with Gasteiger partial charge in [-0.25, -0.2) is 0 Å². The summed E-state index contributed by atoms with van der Waals surface area (Å²) in [5.41, 5.74) is 0. The molecule has 134 valence electrons. The van der Waals surface area contributed by atoms with Gasteiger partial charge in [-0.05, 0) is 25.7 Å². The van der Waals surface area contributed by atoms with Gasteiger partial charge in [0.2, 0.25) is 0 Å². The summed E-state index contributed by atoms with van der Waals surface area (Å²) in [4.78, 5) is 19.8. The van der Waals surface area contributed by atoms with E-state index in [1.165, 1.54) is 25.7 Å². The van der Waals surface area contributed by atoms with Gasteiger partial charge in [-0.15, -0.1) is 0 Å². The number of carboxylic acid groups (broad SMARTS) is 2. The number of carbonyl (C=O) groups is 2. The quantitative estimate of drug-likeness (QED) is 0.467. The predicted octanol–water partition coefficient (Wildman–Crippen LogP) is 2.19. The van der Waals surface area contributed by atoms with Gasteiger partial charge in [0.05, 0.1) is 0 Å². The molecule has 22 heavy (non-hydrogen) atoms. The van der Waals surface area contributed by atoms with E-state index >= 15 is 0 Å². The molecule has 0 aliphatic carbocycles. The topological polar surface area (TPSA) is 80.3 Å². The average Bonchev–Trinajstić information content (AvgIpc) is 2.38. The zero-order valence-electron chi connectivity index (χ0n) is 13.8. The smallest absolute Gasteiger partial charge is 0.550 e. The van der Waals surface area contributed by atoms with Crippen LogP contribution in [-0.2, 0) is 43.1 Å². The van der Waals surface area contributed by atoms with Crippen molar-refractivity contribution in [3.63, 3.8) is 0 Å². The Morgan fingerprint density at radius 2 is 0.864 bits per heavy atom. The Morgan fingerprint density at radius 1 is 0.591 bits per heavy atom. The zero-order chi connectivity index (χ0) is 15.6. The summed E-state index contributed by atoms with van der Waals surface area (Å²) in [7, 11) is 0. The van der Waals surface area contributed by atoms with Gasteiger partial charge in [0.15, 0.2) is 0 Å². The Kier molecular flexibility index (Phi) is 35.2. The molecule has 0 rings (SSSR count). The number of rotatable bonds is 12. The van der Waals surface area contributed by atoms with Crippen molar-refractivity contribution in [2.45, 2.75) is 90.9 Å². The fourth-order valence-corrected chi connectivity index (χ4v) is 1.75. The van der Waals surface area contributed by atoms with E-state index in [9.17, 15) is 19.8 Å². The molecule has 6 heteroatoms. The van der Waals surface area contributed by atoms with E-state index in [0.717, 1.165) is 38.5 Å². The van der Waals surface area contributed by atoms with Crippen LogP contribution in [-0.4, -0.2) is 11.9 Å². The molecule has 0 aromatic heterocycles. The van der Waals surface area contributed by atoms with Crippen molar-refractivity contribution in [3.05, 3.63) is 0 Å². The fraction of sp³-hybridized carbons (Fsp3) is 0.875. The fourth-order valence-electron chi connectivity index (χ4n) is 1.75. The van der Waals surface area contributed by atoms with Crippen LogP contribution >= 0.6 is 0 Å². The van der Waals surface area contributed by atoms with E-state index in [1.54, 1.807) is 0 Å². The van der Waals surface area contributed by atoms with Gasteiger partial charge < -0.3 is 19.8 Å². The Balaban J connectivity index is -0.000000135. The number of aliphatic carboxylic acids is 2. The number of unbranched alkanes of at least 4 members (excludes halogenated alkanes) is 8. The third-order valence-corrected chi connectivity index (χ3v) is 2.97. The third-order valence-electron chi connectivity index (χ3n) is 2.97. The van der Waals surface area contributed by atoms with Crippen LogP contribution in [0.3, 0.4) is 0 Å². The van der Waals surface area contributed by atoms with Crippen molar-refractivity contribution >= 4 is 11.9 Å². The standard InChI is InChI=1S/2C8H16O2.2Co/c2*1-2-3-4-5-6-7-8(9)10;;/h2*2-7H2,1H3,(H,9,10);;/q;;2*+2/p-2. The van der Waals surface area contributed by atoms with Crippen LogP contribution in [0, 0.1) is 0 Å². The number of hydrogen-bond donors (Lipinski definition) is 0. The Morgan fingerprint density at radius 3 is 1.09 bits per heavy atom. The van der Waals surface area contributed by atoms with Crippen molar-refractivity contribution < 1.29 is 53.4 Å². The number of hydrogen-bond acceptors (Lipinski definition) is 4. The van der Waals surface area contributed by atoms with Crippen LogP contribution in [0.25, 0.3) is 0 Å². The van der Waals surface area contributed by atoms with Crippen LogP contribution in [0.2, 0.25) is 0 Å². The van der Waals surface area contributed by atoms with Crippen molar-refractivity contribution in [2.24, 2.45) is 0 Å². The molecule has 0 saturated heterocycles. The largest absolute Gasteiger partial charge is 2.00 e. The third kappa shape index (κ3) is 36.8. The molecule has 2 radical (unpaired) electrons. The van der Waals surface area contributed by atoms with Crippen LogP contribution in [0.4, 0.5) is 0 Å². The molecule has 0 aromatic carbocycles. The minimum absolute atomic E-state index is 0. The average molecular weight is 404 g/mol. The molecule has 0 atom stereocenters. The minimum Gasteiger partial charge on any atom is -0.550 e. The van der Waals surface area contributed by atoms with E-state index in [-0.39, 0.29) is 46.4 Å². The van der Waals surface area contributed by atoms with Crippen LogP contribution < -0.4 is 10.2 Å². The predicted molar refractivity (Wildman–Crippen MR) is 76.8 cm³/mol. The molecular weight excluding hydrogens is 374 g/mol. The summed E-state index contributed by atoms with van der Waals surface area (Å²) in [6, 6.07) is 0. The van der Waals surface area contributed by atoms with E-state index in [0.29, 0.717) is 0 Å². The first-order chi connectivity index (χ1) is 9.54. The summed E-state index contributed by atoms with van der Waals surface area (Å²) >= 11 is 0. The second kappa shape index (κ2) is 25.9. The number of carboxylic acids is 2. The first-order valence-electron chi connectivity index (χ1n) is 7.94. The Labute approximate surface area is 156 Å². The Bertz CT molecular complexity index is 212. The first-order valence-corrected chi connectivity index (χ1v) is 7.94. The molecule has 0 unspecified atom stereocenters. The molecule has 0 heterocycles. The van der Waals surface area contributed by atoms with Gasteiger partial charge in [-0.1, -0.05) is 65.2 Å². The van der Waals surface area contributed by atoms with Crippen LogP contribution in [0.1, 0.15) is 90.9 Å². The maximum atomic E-state index is 9.92. The molecule has 0 spiro atoms. The van der Waals surface area contributed by atoms with Crippen molar-refractivity contribution in [3.8, 4) is 0 Å². The Hall–Kier alpha value is -0.0470. The molecule has 0 aliphatic rings. The van der Waals surface area contributed by atoms with Crippen molar-refractivity contribution in [2.75, 3.05) is 0 Å². The van der Waals surface area contributed by atoms with Crippen LogP contribution in [0.5, 0.6) is 0 Å². The maximum Gasteiger partial charge on any atom is 2.00 e. The summed E-state index contributed by atoms with van der Waals surface area (Å²) in [6.07, 6.45) is 11.2. The van der Waals surface area contributed by atoms with Gasteiger partial charge in [0, 0.05) is 11.9 Å².